The average Bonchev–Trinajstić information content (AvgIpc) is 2.75. The number of hydrogen-bond donors (Lipinski definition) is 1. The molecule has 1 N–H and O–H groups in total. The van der Waals surface area contributed by atoms with Crippen molar-refractivity contribution in [3.05, 3.63) is 45.7 Å². The second-order valence-corrected chi connectivity index (χ2v) is 5.19. The van der Waals surface area contributed by atoms with Crippen molar-refractivity contribution >= 4 is 35.0 Å². The Kier molecular flexibility index (Phi) is 5.06. The highest BCUT2D eigenvalue weighted by Gasteiger charge is 2.39. The van der Waals surface area contributed by atoms with Gasteiger partial charge in [-0.2, -0.15) is 18.3 Å². The van der Waals surface area contributed by atoms with Crippen LogP contribution in [0.5, 0.6) is 0 Å². The van der Waals surface area contributed by atoms with Crippen LogP contribution in [-0.2, 0) is 24.6 Å². The molecule has 0 aliphatic carbocycles. The number of anilines is 1. The van der Waals surface area contributed by atoms with E-state index in [1.807, 2.05) is 0 Å². The highest BCUT2D eigenvalue weighted by atomic mass is 35.5. The van der Waals surface area contributed by atoms with Gasteiger partial charge in [0.1, 0.15) is 11.8 Å². The number of para-hydroxylation sites is 1. The van der Waals surface area contributed by atoms with Gasteiger partial charge < -0.3 is 4.74 Å². The minimum absolute atomic E-state index is 0.261. The van der Waals surface area contributed by atoms with Crippen molar-refractivity contribution < 1.29 is 22.7 Å². The number of halogens is 5. The molecule has 0 aliphatic rings. The number of carbonyl (C=O) groups is 1. The van der Waals surface area contributed by atoms with Crippen LogP contribution in [0.15, 0.2) is 24.3 Å². The Morgan fingerprint density at radius 3 is 2.61 bits per heavy atom. The summed E-state index contributed by atoms with van der Waals surface area (Å²) in [5.41, 5.74) is -1.35. The van der Waals surface area contributed by atoms with Gasteiger partial charge in [0.15, 0.2) is 5.69 Å². The molecule has 5 nitrogen and oxygen atoms in total. The Bertz CT molecular complexity index is 732. The van der Waals surface area contributed by atoms with Crippen LogP contribution in [0.1, 0.15) is 11.3 Å². The summed E-state index contributed by atoms with van der Waals surface area (Å²) in [5, 5.41) is 5.61. The molecule has 0 radical (unpaired) electrons. The fraction of sp³-hybridized carbons (Fsp3) is 0.231. The number of carbonyl (C=O) groups excluding carboxylic acids is 1. The maximum absolute atomic E-state index is 12.9. The smallest absolute Gasteiger partial charge is 0.435 e. The molecule has 0 atom stereocenters. The summed E-state index contributed by atoms with van der Waals surface area (Å²) in [4.78, 5) is 11.7. The Labute approximate surface area is 138 Å². The van der Waals surface area contributed by atoms with Crippen molar-refractivity contribution in [2.75, 3.05) is 5.32 Å². The van der Waals surface area contributed by atoms with Crippen LogP contribution in [0.25, 0.3) is 0 Å². The lowest BCUT2D eigenvalue weighted by Gasteiger charge is -2.09. The molecule has 0 saturated heterocycles. The summed E-state index contributed by atoms with van der Waals surface area (Å²) in [6.07, 6.45) is -5.67. The molecular weight excluding hydrogens is 358 g/mol. The molecule has 1 aromatic heterocycles. The first-order chi connectivity index (χ1) is 10.7. The van der Waals surface area contributed by atoms with Crippen LogP contribution in [0, 0.1) is 0 Å². The Hall–Kier alpha value is -1.93. The van der Waals surface area contributed by atoms with Gasteiger partial charge in [-0.25, -0.2) is 4.79 Å². The van der Waals surface area contributed by atoms with E-state index < -0.39 is 30.1 Å². The van der Waals surface area contributed by atoms with E-state index in [9.17, 15) is 18.0 Å². The summed E-state index contributed by atoms with van der Waals surface area (Å²) in [5.74, 6) is 0. The molecule has 1 amide bonds. The molecule has 124 valence electrons. The predicted molar refractivity (Wildman–Crippen MR) is 78.5 cm³/mol. The molecule has 1 heterocycles. The predicted octanol–water partition coefficient (Wildman–Crippen LogP) is 4.49. The van der Waals surface area contributed by atoms with E-state index in [1.165, 1.54) is 19.2 Å². The van der Waals surface area contributed by atoms with Gasteiger partial charge in [0.05, 0.1) is 16.3 Å². The summed E-state index contributed by atoms with van der Waals surface area (Å²) in [7, 11) is 1.25. The molecule has 0 saturated carbocycles. The van der Waals surface area contributed by atoms with E-state index in [2.05, 4.69) is 10.4 Å². The van der Waals surface area contributed by atoms with E-state index in [4.69, 9.17) is 27.9 Å². The van der Waals surface area contributed by atoms with Crippen LogP contribution in [0.4, 0.5) is 23.7 Å². The largest absolute Gasteiger partial charge is 0.444 e. The van der Waals surface area contributed by atoms with Gasteiger partial charge >= 0.3 is 12.3 Å². The average molecular weight is 368 g/mol. The van der Waals surface area contributed by atoms with E-state index >= 15 is 0 Å². The lowest BCUT2D eigenvalue weighted by Crippen LogP contribution is -2.16. The van der Waals surface area contributed by atoms with Crippen molar-refractivity contribution in [3.63, 3.8) is 0 Å². The van der Waals surface area contributed by atoms with Crippen molar-refractivity contribution in [2.24, 2.45) is 7.05 Å². The van der Waals surface area contributed by atoms with Gasteiger partial charge in [-0.15, -0.1) is 0 Å². The fourth-order valence-electron chi connectivity index (χ4n) is 1.75. The Balaban J connectivity index is 2.09. The maximum atomic E-state index is 12.9. The third kappa shape index (κ3) is 4.08. The number of alkyl halides is 3. The van der Waals surface area contributed by atoms with Crippen molar-refractivity contribution in [1.82, 2.24) is 9.78 Å². The summed E-state index contributed by atoms with van der Waals surface area (Å²) in [6.45, 7) is -0.683. The number of rotatable bonds is 3. The summed E-state index contributed by atoms with van der Waals surface area (Å²) < 4.78 is 44.2. The molecule has 1 aromatic carbocycles. The second kappa shape index (κ2) is 6.67. The Morgan fingerprint density at radius 1 is 1.35 bits per heavy atom. The summed E-state index contributed by atoms with van der Waals surface area (Å²) in [6, 6.07) is 6.34. The van der Waals surface area contributed by atoms with E-state index in [1.54, 1.807) is 12.1 Å². The molecule has 0 aliphatic heterocycles. The van der Waals surface area contributed by atoms with Gasteiger partial charge in [-0.05, 0) is 12.1 Å². The number of ether oxygens (including phenoxy) is 1. The van der Waals surface area contributed by atoms with Gasteiger partial charge in [0.25, 0.3) is 0 Å². The quantitative estimate of drug-likeness (QED) is 0.868. The maximum Gasteiger partial charge on any atom is 0.435 e. The zero-order valence-electron chi connectivity index (χ0n) is 11.6. The first-order valence-electron chi connectivity index (χ1n) is 6.17. The molecule has 0 unspecified atom stereocenters. The van der Waals surface area contributed by atoms with E-state index in [0.717, 1.165) is 4.68 Å². The summed E-state index contributed by atoms with van der Waals surface area (Å²) >= 11 is 11.6. The highest BCUT2D eigenvalue weighted by Crippen LogP contribution is 2.34. The van der Waals surface area contributed by atoms with E-state index in [-0.39, 0.29) is 15.9 Å². The molecular formula is C13H10Cl2F3N3O2. The minimum atomic E-state index is -4.71. The van der Waals surface area contributed by atoms with Crippen molar-refractivity contribution in [3.8, 4) is 0 Å². The third-order valence-electron chi connectivity index (χ3n) is 2.80. The number of nitrogens with zero attached hydrogens (tertiary/aromatic N) is 2. The SMILES string of the molecule is Cn1nc(C(F)(F)F)c(COC(=O)Nc2ccccc2Cl)c1Cl. The van der Waals surface area contributed by atoms with Gasteiger partial charge in [-0.1, -0.05) is 35.3 Å². The third-order valence-corrected chi connectivity index (χ3v) is 3.60. The molecule has 2 rings (SSSR count). The monoisotopic (exact) mass is 367 g/mol. The first kappa shape index (κ1) is 17.4. The number of amides is 1. The lowest BCUT2D eigenvalue weighted by molar-refractivity contribution is -0.142. The zero-order chi connectivity index (χ0) is 17.2. The normalized spacial score (nSPS) is 11.4. The van der Waals surface area contributed by atoms with Crippen LogP contribution < -0.4 is 5.32 Å². The van der Waals surface area contributed by atoms with E-state index in [0.29, 0.717) is 0 Å². The number of benzene rings is 1. The number of aryl methyl sites for hydroxylation is 1. The first-order valence-corrected chi connectivity index (χ1v) is 6.92. The fourth-order valence-corrected chi connectivity index (χ4v) is 2.11. The zero-order valence-corrected chi connectivity index (χ0v) is 13.1. The van der Waals surface area contributed by atoms with Crippen LogP contribution in [0.3, 0.4) is 0 Å². The van der Waals surface area contributed by atoms with Gasteiger partial charge in [-0.3, -0.25) is 10.00 Å². The molecule has 10 heteroatoms. The van der Waals surface area contributed by atoms with Crippen LogP contribution in [0.2, 0.25) is 10.2 Å². The van der Waals surface area contributed by atoms with Crippen LogP contribution in [-0.4, -0.2) is 15.9 Å². The molecule has 2 aromatic rings. The Morgan fingerprint density at radius 2 is 2.00 bits per heavy atom. The molecule has 0 spiro atoms. The number of hydrogen-bond acceptors (Lipinski definition) is 3. The van der Waals surface area contributed by atoms with Gasteiger partial charge in [0, 0.05) is 7.05 Å². The van der Waals surface area contributed by atoms with Gasteiger partial charge in [0.2, 0.25) is 0 Å². The van der Waals surface area contributed by atoms with Crippen molar-refractivity contribution in [1.29, 1.82) is 0 Å². The lowest BCUT2D eigenvalue weighted by atomic mass is 10.2. The standard InChI is InChI=1S/C13H10Cl2F3N3O2/c1-21-11(15)7(10(20-21)13(16,17)18)6-23-12(22)19-9-5-3-2-4-8(9)14/h2-5H,6H2,1H3,(H,19,22). The molecule has 0 fully saturated rings. The number of aromatic nitrogens is 2. The van der Waals surface area contributed by atoms with Crippen molar-refractivity contribution in [2.45, 2.75) is 12.8 Å². The molecule has 23 heavy (non-hydrogen) atoms. The highest BCUT2D eigenvalue weighted by molar-refractivity contribution is 6.33. The minimum Gasteiger partial charge on any atom is -0.444 e. The molecule has 0 bridgehead atoms. The number of nitrogens with one attached hydrogen (secondary N) is 1. The topological polar surface area (TPSA) is 56.2 Å². The van der Waals surface area contributed by atoms with Crippen LogP contribution >= 0.6 is 23.2 Å². The second-order valence-electron chi connectivity index (χ2n) is 4.42.